The van der Waals surface area contributed by atoms with E-state index in [0.717, 1.165) is 15.8 Å². The standard InChI is InChI=1S/C10H7BrF3N3S/c11-6-1-2-8(15-4-6)17-9-16-7(5-18-9)3-10(12,13)14/h1-2,4-5H,3H2,(H,15,16,17). The molecule has 96 valence electrons. The van der Waals surface area contributed by atoms with Crippen molar-refractivity contribution in [2.75, 3.05) is 5.32 Å². The second-order valence-electron chi connectivity index (χ2n) is 3.42. The van der Waals surface area contributed by atoms with E-state index in [0.29, 0.717) is 10.9 Å². The molecule has 0 unspecified atom stereocenters. The molecule has 0 aliphatic carbocycles. The van der Waals surface area contributed by atoms with Crippen LogP contribution in [0.25, 0.3) is 0 Å². The zero-order valence-corrected chi connectivity index (χ0v) is 11.2. The molecule has 0 fully saturated rings. The highest BCUT2D eigenvalue weighted by Crippen LogP contribution is 2.25. The Morgan fingerprint density at radius 2 is 2.11 bits per heavy atom. The maximum Gasteiger partial charge on any atom is 0.394 e. The highest BCUT2D eigenvalue weighted by molar-refractivity contribution is 9.10. The van der Waals surface area contributed by atoms with E-state index in [2.05, 4.69) is 31.2 Å². The van der Waals surface area contributed by atoms with Crippen molar-refractivity contribution in [1.82, 2.24) is 9.97 Å². The first-order valence-electron chi connectivity index (χ1n) is 4.82. The molecule has 0 aromatic carbocycles. The van der Waals surface area contributed by atoms with Crippen molar-refractivity contribution in [2.24, 2.45) is 0 Å². The van der Waals surface area contributed by atoms with Crippen LogP contribution in [0.3, 0.4) is 0 Å². The van der Waals surface area contributed by atoms with Gasteiger partial charge in [0, 0.05) is 16.0 Å². The maximum atomic E-state index is 12.1. The van der Waals surface area contributed by atoms with E-state index < -0.39 is 12.6 Å². The Hall–Kier alpha value is -1.15. The number of rotatable bonds is 3. The Bertz CT molecular complexity index is 524. The molecule has 1 N–H and O–H groups in total. The summed E-state index contributed by atoms with van der Waals surface area (Å²) in [5.41, 5.74) is 0.00658. The summed E-state index contributed by atoms with van der Waals surface area (Å²) in [4.78, 5) is 7.89. The minimum Gasteiger partial charge on any atom is -0.316 e. The van der Waals surface area contributed by atoms with Crippen LogP contribution in [0.5, 0.6) is 0 Å². The summed E-state index contributed by atoms with van der Waals surface area (Å²) < 4.78 is 37.3. The van der Waals surface area contributed by atoms with E-state index in [1.54, 1.807) is 18.3 Å². The molecule has 0 aliphatic heterocycles. The van der Waals surface area contributed by atoms with Crippen LogP contribution in [-0.4, -0.2) is 16.1 Å². The van der Waals surface area contributed by atoms with Crippen molar-refractivity contribution in [3.05, 3.63) is 33.9 Å². The number of anilines is 2. The van der Waals surface area contributed by atoms with E-state index in [1.807, 2.05) is 0 Å². The van der Waals surface area contributed by atoms with Gasteiger partial charge in [0.25, 0.3) is 0 Å². The summed E-state index contributed by atoms with van der Waals surface area (Å²) >= 11 is 4.36. The lowest BCUT2D eigenvalue weighted by Gasteiger charge is -2.02. The summed E-state index contributed by atoms with van der Waals surface area (Å²) in [6.45, 7) is 0. The highest BCUT2D eigenvalue weighted by Gasteiger charge is 2.28. The minimum absolute atomic E-state index is 0.00658. The van der Waals surface area contributed by atoms with E-state index in [9.17, 15) is 13.2 Å². The smallest absolute Gasteiger partial charge is 0.316 e. The Labute approximate surface area is 113 Å². The van der Waals surface area contributed by atoms with Crippen LogP contribution in [0.2, 0.25) is 0 Å². The van der Waals surface area contributed by atoms with Crippen molar-refractivity contribution in [3.8, 4) is 0 Å². The summed E-state index contributed by atoms with van der Waals surface area (Å²) in [5.74, 6) is 0.533. The zero-order chi connectivity index (χ0) is 13.2. The van der Waals surface area contributed by atoms with Crippen LogP contribution in [0, 0.1) is 0 Å². The molecule has 2 heterocycles. The van der Waals surface area contributed by atoms with Crippen molar-refractivity contribution in [1.29, 1.82) is 0 Å². The van der Waals surface area contributed by atoms with Crippen LogP contribution < -0.4 is 5.32 Å². The van der Waals surface area contributed by atoms with Crippen LogP contribution in [0.15, 0.2) is 28.2 Å². The second-order valence-corrected chi connectivity index (χ2v) is 5.20. The lowest BCUT2D eigenvalue weighted by molar-refractivity contribution is -0.127. The van der Waals surface area contributed by atoms with Gasteiger partial charge in [-0.25, -0.2) is 9.97 Å². The van der Waals surface area contributed by atoms with Crippen molar-refractivity contribution >= 4 is 38.2 Å². The lowest BCUT2D eigenvalue weighted by atomic mass is 10.3. The molecule has 2 aromatic rings. The van der Waals surface area contributed by atoms with Gasteiger partial charge in [-0.15, -0.1) is 11.3 Å². The number of hydrogen-bond donors (Lipinski definition) is 1. The molecule has 3 nitrogen and oxygen atoms in total. The van der Waals surface area contributed by atoms with Gasteiger partial charge < -0.3 is 5.32 Å². The van der Waals surface area contributed by atoms with Gasteiger partial charge in [-0.2, -0.15) is 13.2 Å². The number of pyridine rings is 1. The van der Waals surface area contributed by atoms with Gasteiger partial charge in [-0.3, -0.25) is 0 Å². The molecular weight excluding hydrogens is 331 g/mol. The summed E-state index contributed by atoms with van der Waals surface area (Å²) in [7, 11) is 0. The monoisotopic (exact) mass is 337 g/mol. The molecule has 0 spiro atoms. The molecule has 0 atom stereocenters. The number of aromatic nitrogens is 2. The van der Waals surface area contributed by atoms with Gasteiger partial charge in [-0.05, 0) is 28.1 Å². The molecule has 2 aromatic heterocycles. The average Bonchev–Trinajstić information content (AvgIpc) is 2.66. The summed E-state index contributed by atoms with van der Waals surface area (Å²) in [6, 6.07) is 3.48. The fourth-order valence-electron chi connectivity index (χ4n) is 1.21. The van der Waals surface area contributed by atoms with Crippen molar-refractivity contribution in [2.45, 2.75) is 12.6 Å². The summed E-state index contributed by atoms with van der Waals surface area (Å²) in [6.07, 6.45) is -3.66. The molecular formula is C10H7BrF3N3S. The van der Waals surface area contributed by atoms with Gasteiger partial charge >= 0.3 is 6.18 Å². The fourth-order valence-corrected chi connectivity index (χ4v) is 2.16. The third kappa shape index (κ3) is 3.95. The predicted octanol–water partition coefficient (Wildman–Crippen LogP) is 4.15. The van der Waals surface area contributed by atoms with Crippen LogP contribution in [0.1, 0.15) is 5.69 Å². The molecule has 18 heavy (non-hydrogen) atoms. The highest BCUT2D eigenvalue weighted by atomic mass is 79.9. The molecule has 2 rings (SSSR count). The fraction of sp³-hybridized carbons (Fsp3) is 0.200. The Morgan fingerprint density at radius 1 is 1.33 bits per heavy atom. The number of nitrogens with one attached hydrogen (secondary N) is 1. The quantitative estimate of drug-likeness (QED) is 0.914. The van der Waals surface area contributed by atoms with E-state index in [4.69, 9.17) is 0 Å². The molecule has 8 heteroatoms. The van der Waals surface area contributed by atoms with Gasteiger partial charge in [-0.1, -0.05) is 0 Å². The SMILES string of the molecule is FC(F)(F)Cc1csc(Nc2ccc(Br)cn2)n1. The predicted molar refractivity (Wildman–Crippen MR) is 67.1 cm³/mol. The minimum atomic E-state index is -4.23. The van der Waals surface area contributed by atoms with E-state index in [1.165, 1.54) is 5.38 Å². The molecule has 0 amide bonds. The largest absolute Gasteiger partial charge is 0.394 e. The first kappa shape index (κ1) is 13.3. The third-order valence-electron chi connectivity index (χ3n) is 1.90. The van der Waals surface area contributed by atoms with E-state index >= 15 is 0 Å². The van der Waals surface area contributed by atoms with E-state index in [-0.39, 0.29) is 5.69 Å². The number of thiazole rings is 1. The van der Waals surface area contributed by atoms with Crippen molar-refractivity contribution < 1.29 is 13.2 Å². The molecule has 0 saturated heterocycles. The Morgan fingerprint density at radius 3 is 2.72 bits per heavy atom. The Kier molecular flexibility index (Phi) is 3.86. The number of alkyl halides is 3. The lowest BCUT2D eigenvalue weighted by Crippen LogP contribution is -2.11. The van der Waals surface area contributed by atoms with Gasteiger partial charge in [0.15, 0.2) is 5.13 Å². The molecule has 0 saturated carbocycles. The normalized spacial score (nSPS) is 11.6. The van der Waals surface area contributed by atoms with Crippen molar-refractivity contribution in [3.63, 3.8) is 0 Å². The molecule has 0 radical (unpaired) electrons. The zero-order valence-electron chi connectivity index (χ0n) is 8.83. The molecule has 0 bridgehead atoms. The van der Waals surface area contributed by atoms with Crippen LogP contribution >= 0.6 is 27.3 Å². The van der Waals surface area contributed by atoms with Gasteiger partial charge in [0.05, 0.1) is 12.1 Å². The first-order chi connectivity index (χ1) is 8.42. The average molecular weight is 338 g/mol. The Balaban J connectivity index is 2.04. The number of halogens is 4. The maximum absolute atomic E-state index is 12.1. The molecule has 0 aliphatic rings. The van der Waals surface area contributed by atoms with Crippen LogP contribution in [-0.2, 0) is 6.42 Å². The summed E-state index contributed by atoms with van der Waals surface area (Å²) in [5, 5.41) is 4.62. The second kappa shape index (κ2) is 5.23. The first-order valence-corrected chi connectivity index (χ1v) is 6.49. The number of nitrogens with zero attached hydrogens (tertiary/aromatic N) is 2. The van der Waals surface area contributed by atoms with Gasteiger partial charge in [0.1, 0.15) is 5.82 Å². The number of hydrogen-bond acceptors (Lipinski definition) is 4. The van der Waals surface area contributed by atoms with Crippen LogP contribution in [0.4, 0.5) is 24.1 Å². The topological polar surface area (TPSA) is 37.8 Å². The van der Waals surface area contributed by atoms with Gasteiger partial charge in [0.2, 0.25) is 0 Å². The third-order valence-corrected chi connectivity index (χ3v) is 3.17.